The third kappa shape index (κ3) is 4.99. The number of likely N-dealkylation sites (tertiary alicyclic amines) is 1. The molecule has 1 amide bonds. The smallest absolute Gasteiger partial charge is 0.249 e. The van der Waals surface area contributed by atoms with Crippen LogP contribution in [0.3, 0.4) is 0 Å². The summed E-state index contributed by atoms with van der Waals surface area (Å²) in [4.78, 5) is 17.7. The number of anilines is 1. The fourth-order valence-electron chi connectivity index (χ4n) is 3.89. The second-order valence-electron chi connectivity index (χ2n) is 7.61. The minimum Gasteiger partial charge on any atom is -0.404 e. The molecule has 0 spiro atoms. The van der Waals surface area contributed by atoms with Crippen LogP contribution in [0.4, 0.5) is 10.1 Å². The van der Waals surface area contributed by atoms with Gasteiger partial charge in [0.25, 0.3) is 0 Å². The van der Waals surface area contributed by atoms with Crippen molar-refractivity contribution >= 4 is 17.8 Å². The summed E-state index contributed by atoms with van der Waals surface area (Å²) in [5, 5.41) is 21.7. The van der Waals surface area contributed by atoms with Crippen LogP contribution in [0.25, 0.3) is 0 Å². The molecule has 0 saturated carbocycles. The molecule has 31 heavy (non-hydrogen) atoms. The SMILES string of the molecule is N#CCC1(N2C=C(C(N)=O)C(Nc3ccnc(F)c3)N2)CCN(C/C(C=N)=C/N)CC1. The van der Waals surface area contributed by atoms with Crippen molar-refractivity contribution in [2.45, 2.75) is 31.0 Å². The fourth-order valence-corrected chi connectivity index (χ4v) is 3.89. The molecule has 3 heterocycles. The van der Waals surface area contributed by atoms with Gasteiger partial charge >= 0.3 is 0 Å². The minimum atomic E-state index is -0.669. The summed E-state index contributed by atoms with van der Waals surface area (Å²) in [6.07, 6.45) is 6.50. The Balaban J connectivity index is 1.76. The van der Waals surface area contributed by atoms with E-state index in [-0.39, 0.29) is 12.0 Å². The highest BCUT2D eigenvalue weighted by molar-refractivity contribution is 5.94. The normalized spacial score (nSPS) is 21.3. The zero-order valence-corrected chi connectivity index (χ0v) is 17.0. The number of hydrogen-bond acceptors (Lipinski definition) is 9. The molecule has 1 aromatic rings. The summed E-state index contributed by atoms with van der Waals surface area (Å²) in [6, 6.07) is 5.06. The molecular weight excluding hydrogens is 401 g/mol. The number of carbonyl (C=O) groups excluding carboxylic acids is 1. The van der Waals surface area contributed by atoms with E-state index in [1.165, 1.54) is 24.7 Å². The van der Waals surface area contributed by atoms with Gasteiger partial charge in [0.1, 0.15) is 6.17 Å². The molecule has 11 heteroatoms. The lowest BCUT2D eigenvalue weighted by Gasteiger charge is -2.46. The zero-order valence-electron chi connectivity index (χ0n) is 17.0. The van der Waals surface area contributed by atoms with Crippen molar-refractivity contribution in [1.29, 1.82) is 10.7 Å². The van der Waals surface area contributed by atoms with Crippen LogP contribution in [-0.2, 0) is 4.79 Å². The molecular formula is C20H26FN9O. The number of amides is 1. The van der Waals surface area contributed by atoms with Gasteiger partial charge in [0.05, 0.1) is 23.6 Å². The Morgan fingerprint density at radius 2 is 2.26 bits per heavy atom. The molecule has 1 aromatic heterocycles. The molecule has 2 aliphatic rings. The first-order chi connectivity index (χ1) is 14.9. The van der Waals surface area contributed by atoms with Crippen molar-refractivity contribution in [3.8, 4) is 6.07 Å². The molecule has 0 radical (unpaired) electrons. The average molecular weight is 427 g/mol. The molecule has 1 saturated heterocycles. The van der Waals surface area contributed by atoms with Crippen LogP contribution >= 0.6 is 0 Å². The Hall–Kier alpha value is -3.49. The molecule has 0 bridgehead atoms. The van der Waals surface area contributed by atoms with Gasteiger partial charge in [-0.2, -0.15) is 9.65 Å². The first-order valence-corrected chi connectivity index (χ1v) is 9.86. The highest BCUT2D eigenvalue weighted by Crippen LogP contribution is 2.34. The second-order valence-corrected chi connectivity index (χ2v) is 7.61. The molecule has 1 atom stereocenters. The highest BCUT2D eigenvalue weighted by Gasteiger charge is 2.43. The predicted octanol–water partition coefficient (Wildman–Crippen LogP) is 0.389. The average Bonchev–Trinajstić information content (AvgIpc) is 3.18. The fraction of sp³-hybridized carbons (Fsp3) is 0.400. The number of primary amides is 1. The van der Waals surface area contributed by atoms with Gasteiger partial charge in [0, 0.05) is 50.0 Å². The summed E-state index contributed by atoms with van der Waals surface area (Å²) in [6.45, 7) is 1.95. The van der Waals surface area contributed by atoms with Gasteiger partial charge in [-0.25, -0.2) is 10.4 Å². The largest absolute Gasteiger partial charge is 0.404 e. The number of nitriles is 1. The third-order valence-corrected chi connectivity index (χ3v) is 5.68. The quantitative estimate of drug-likeness (QED) is 0.294. The van der Waals surface area contributed by atoms with Crippen molar-refractivity contribution in [2.24, 2.45) is 11.5 Å². The predicted molar refractivity (Wildman–Crippen MR) is 114 cm³/mol. The number of halogens is 1. The van der Waals surface area contributed by atoms with E-state index in [4.69, 9.17) is 16.9 Å². The maximum Gasteiger partial charge on any atom is 0.249 e. The zero-order chi connectivity index (χ0) is 22.4. The van der Waals surface area contributed by atoms with E-state index < -0.39 is 23.6 Å². The Morgan fingerprint density at radius 3 is 2.84 bits per heavy atom. The topological polar surface area (TPSA) is 160 Å². The molecule has 10 nitrogen and oxygen atoms in total. The molecule has 0 aromatic carbocycles. The van der Waals surface area contributed by atoms with Crippen molar-refractivity contribution in [3.05, 3.63) is 47.8 Å². The van der Waals surface area contributed by atoms with Crippen LogP contribution in [0.1, 0.15) is 19.3 Å². The van der Waals surface area contributed by atoms with Gasteiger partial charge < -0.3 is 27.2 Å². The van der Waals surface area contributed by atoms with Crippen LogP contribution in [-0.4, -0.2) is 58.4 Å². The number of nitrogens with zero attached hydrogens (tertiary/aromatic N) is 4. The molecule has 1 unspecified atom stereocenters. The summed E-state index contributed by atoms with van der Waals surface area (Å²) < 4.78 is 13.4. The van der Waals surface area contributed by atoms with Crippen molar-refractivity contribution in [1.82, 2.24) is 20.3 Å². The number of pyridine rings is 1. The molecule has 7 N–H and O–H groups in total. The number of nitrogens with one attached hydrogen (secondary N) is 3. The van der Waals surface area contributed by atoms with E-state index in [9.17, 15) is 14.4 Å². The van der Waals surface area contributed by atoms with Gasteiger partial charge in [0.2, 0.25) is 11.9 Å². The second kappa shape index (κ2) is 9.55. The van der Waals surface area contributed by atoms with Gasteiger partial charge in [-0.3, -0.25) is 9.69 Å². The van der Waals surface area contributed by atoms with E-state index in [1.807, 2.05) is 0 Å². The summed E-state index contributed by atoms with van der Waals surface area (Å²) in [5.41, 5.74) is 15.2. The lowest BCUT2D eigenvalue weighted by Crippen LogP contribution is -2.58. The number of nitrogens with two attached hydrogens (primary N) is 2. The van der Waals surface area contributed by atoms with Crippen LogP contribution in [0.5, 0.6) is 0 Å². The summed E-state index contributed by atoms with van der Waals surface area (Å²) in [7, 11) is 0. The lowest BCUT2D eigenvalue weighted by atomic mass is 9.84. The van der Waals surface area contributed by atoms with Crippen LogP contribution in [0.2, 0.25) is 0 Å². The van der Waals surface area contributed by atoms with Crippen molar-refractivity contribution in [2.75, 3.05) is 25.0 Å². The Kier molecular flexibility index (Phi) is 6.84. The van der Waals surface area contributed by atoms with E-state index >= 15 is 0 Å². The monoisotopic (exact) mass is 427 g/mol. The molecule has 2 aliphatic heterocycles. The van der Waals surface area contributed by atoms with Crippen molar-refractivity contribution < 1.29 is 9.18 Å². The Bertz CT molecular complexity index is 931. The molecule has 1 fully saturated rings. The van der Waals surface area contributed by atoms with E-state index in [0.29, 0.717) is 38.2 Å². The number of piperidine rings is 1. The van der Waals surface area contributed by atoms with Crippen LogP contribution in [0, 0.1) is 22.7 Å². The number of hydrogen-bond donors (Lipinski definition) is 5. The summed E-state index contributed by atoms with van der Waals surface area (Å²) >= 11 is 0. The van der Waals surface area contributed by atoms with Gasteiger partial charge in [0.15, 0.2) is 0 Å². The van der Waals surface area contributed by atoms with Gasteiger partial charge in [-0.1, -0.05) is 0 Å². The van der Waals surface area contributed by atoms with Crippen LogP contribution in [0.15, 0.2) is 41.9 Å². The molecule has 3 rings (SSSR count). The van der Waals surface area contributed by atoms with E-state index in [1.54, 1.807) is 17.3 Å². The number of aromatic nitrogens is 1. The number of rotatable bonds is 8. The number of carbonyl (C=O) groups is 1. The van der Waals surface area contributed by atoms with Gasteiger partial charge in [-0.15, -0.1) is 0 Å². The van der Waals surface area contributed by atoms with E-state index in [0.717, 1.165) is 5.57 Å². The Labute approximate surface area is 179 Å². The summed E-state index contributed by atoms with van der Waals surface area (Å²) in [5.74, 6) is -1.26. The highest BCUT2D eigenvalue weighted by atomic mass is 19.1. The molecule has 164 valence electrons. The maximum absolute atomic E-state index is 13.4. The third-order valence-electron chi connectivity index (χ3n) is 5.68. The Morgan fingerprint density at radius 1 is 1.52 bits per heavy atom. The number of hydrazine groups is 1. The van der Waals surface area contributed by atoms with E-state index in [2.05, 4.69) is 26.7 Å². The first-order valence-electron chi connectivity index (χ1n) is 9.86. The lowest BCUT2D eigenvalue weighted by molar-refractivity contribution is -0.114. The van der Waals surface area contributed by atoms with Crippen LogP contribution < -0.4 is 22.2 Å². The van der Waals surface area contributed by atoms with Crippen molar-refractivity contribution in [3.63, 3.8) is 0 Å². The first kappa shape index (κ1) is 22.2. The maximum atomic E-state index is 13.4. The minimum absolute atomic E-state index is 0.247. The standard InChI is InChI=1S/C20H26FN9O/c21-17-9-15(1-6-26-17)27-19-16(18(25)31)13-30(28-19)20(2-5-22)3-7-29(8-4-20)12-14(10-23)11-24/h1,6,9-11,13,19,23,28H,2-4,7-8,12,24H2,(H2,25,31)(H,26,27)/b14-11+,23-10?. The van der Waals surface area contributed by atoms with Gasteiger partial charge in [-0.05, 0) is 30.7 Å². The molecule has 0 aliphatic carbocycles.